The van der Waals surface area contributed by atoms with Crippen LogP contribution in [0.4, 0.5) is 0 Å². The number of hydrogen-bond acceptors (Lipinski definition) is 2. The first-order valence-corrected chi connectivity index (χ1v) is 7.37. The van der Waals surface area contributed by atoms with E-state index in [4.69, 9.17) is 5.11 Å². The predicted molar refractivity (Wildman–Crippen MR) is 73.7 cm³/mol. The zero-order chi connectivity index (χ0) is 13.6. The second kappa shape index (κ2) is 12.6. The van der Waals surface area contributed by atoms with Gasteiger partial charge in [0.25, 0.3) is 0 Å². The number of rotatable bonds is 13. The highest BCUT2D eigenvalue weighted by molar-refractivity contribution is 5.66. The maximum absolute atomic E-state index is 10.7. The zero-order valence-corrected chi connectivity index (χ0v) is 11.7. The molecule has 0 amide bonds. The number of carboxylic acid groups (broad SMARTS) is 1. The highest BCUT2D eigenvalue weighted by Crippen LogP contribution is 2.15. The number of hydrogen-bond donors (Lipinski definition) is 1. The van der Waals surface area contributed by atoms with Crippen LogP contribution in [-0.2, 0) is 9.59 Å². The van der Waals surface area contributed by atoms with Gasteiger partial charge in [-0.05, 0) is 19.3 Å². The molecule has 0 spiro atoms. The summed E-state index contributed by atoms with van der Waals surface area (Å²) in [6, 6.07) is 0. The van der Waals surface area contributed by atoms with E-state index in [9.17, 15) is 9.59 Å². The minimum atomic E-state index is -0.689. The molecule has 0 fully saturated rings. The molecule has 0 aromatic carbocycles. The first kappa shape index (κ1) is 17.1. The molecule has 18 heavy (non-hydrogen) atoms. The minimum absolute atomic E-state index is 0.269. The van der Waals surface area contributed by atoms with Crippen LogP contribution in [-0.4, -0.2) is 17.4 Å². The van der Waals surface area contributed by atoms with Gasteiger partial charge >= 0.3 is 5.97 Å². The van der Waals surface area contributed by atoms with E-state index in [1.165, 1.54) is 19.3 Å². The summed E-state index contributed by atoms with van der Waals surface area (Å²) in [5.41, 5.74) is 0. The highest BCUT2D eigenvalue weighted by atomic mass is 16.4. The van der Waals surface area contributed by atoms with Crippen LogP contribution in [0.25, 0.3) is 0 Å². The molecule has 0 aliphatic carbocycles. The lowest BCUT2D eigenvalue weighted by atomic mass is 9.97. The number of unbranched alkanes of at least 4 members (excludes halogenated alkanes) is 6. The summed E-state index contributed by atoms with van der Waals surface area (Å²) in [5.74, 6) is -0.420. The van der Waals surface area contributed by atoms with Gasteiger partial charge in [0, 0.05) is 12.3 Å². The van der Waals surface area contributed by atoms with Crippen molar-refractivity contribution in [2.45, 2.75) is 77.6 Å². The average Bonchev–Trinajstić information content (AvgIpc) is 2.35. The van der Waals surface area contributed by atoms with Crippen LogP contribution in [0.1, 0.15) is 77.6 Å². The first-order valence-electron chi connectivity index (χ1n) is 7.37. The van der Waals surface area contributed by atoms with Gasteiger partial charge in [0.1, 0.15) is 6.29 Å². The number of aliphatic carboxylic acids is 1. The Hall–Kier alpha value is -0.860. The van der Waals surface area contributed by atoms with Gasteiger partial charge in [0.15, 0.2) is 0 Å². The summed E-state index contributed by atoms with van der Waals surface area (Å²) >= 11 is 0. The maximum Gasteiger partial charge on any atom is 0.303 e. The van der Waals surface area contributed by atoms with Gasteiger partial charge in [0.05, 0.1) is 0 Å². The van der Waals surface area contributed by atoms with Crippen molar-refractivity contribution in [3.05, 3.63) is 0 Å². The van der Waals surface area contributed by atoms with Gasteiger partial charge < -0.3 is 9.90 Å². The van der Waals surface area contributed by atoms with Crippen LogP contribution in [0, 0.1) is 5.92 Å². The van der Waals surface area contributed by atoms with Gasteiger partial charge in [-0.25, -0.2) is 0 Å². The Kier molecular flexibility index (Phi) is 12.0. The topological polar surface area (TPSA) is 54.4 Å². The molecule has 1 unspecified atom stereocenters. The Morgan fingerprint density at radius 3 is 2.06 bits per heavy atom. The molecule has 1 atom stereocenters. The Morgan fingerprint density at radius 1 is 1.00 bits per heavy atom. The van der Waals surface area contributed by atoms with Gasteiger partial charge in [-0.3, -0.25) is 4.79 Å². The summed E-state index contributed by atoms with van der Waals surface area (Å²) in [6.07, 6.45) is 12.3. The lowest BCUT2D eigenvalue weighted by Crippen LogP contribution is -2.01. The van der Waals surface area contributed by atoms with Crippen LogP contribution in [0.15, 0.2) is 0 Å². The van der Waals surface area contributed by atoms with Crippen molar-refractivity contribution in [3.63, 3.8) is 0 Å². The summed E-state index contributed by atoms with van der Waals surface area (Å²) in [7, 11) is 0. The smallest absolute Gasteiger partial charge is 0.303 e. The minimum Gasteiger partial charge on any atom is -0.481 e. The molecule has 0 aliphatic heterocycles. The van der Waals surface area contributed by atoms with Crippen molar-refractivity contribution < 1.29 is 14.7 Å². The fourth-order valence-electron chi connectivity index (χ4n) is 2.22. The third-order valence-corrected chi connectivity index (χ3v) is 3.32. The summed E-state index contributed by atoms with van der Waals surface area (Å²) in [4.78, 5) is 21.0. The van der Waals surface area contributed by atoms with E-state index >= 15 is 0 Å². The second-order valence-electron chi connectivity index (χ2n) is 5.09. The van der Waals surface area contributed by atoms with Crippen LogP contribution in [0.2, 0.25) is 0 Å². The van der Waals surface area contributed by atoms with E-state index in [0.717, 1.165) is 51.2 Å². The number of carbonyl (C=O) groups is 2. The fourth-order valence-corrected chi connectivity index (χ4v) is 2.22. The van der Waals surface area contributed by atoms with E-state index in [-0.39, 0.29) is 5.92 Å². The molecule has 0 saturated heterocycles. The third-order valence-electron chi connectivity index (χ3n) is 3.32. The normalized spacial score (nSPS) is 12.3. The summed E-state index contributed by atoms with van der Waals surface area (Å²) < 4.78 is 0. The highest BCUT2D eigenvalue weighted by Gasteiger charge is 2.05. The largest absolute Gasteiger partial charge is 0.481 e. The Balaban J connectivity index is 3.20. The molecule has 106 valence electrons. The van der Waals surface area contributed by atoms with Crippen molar-refractivity contribution in [2.75, 3.05) is 0 Å². The quantitative estimate of drug-likeness (QED) is 0.397. The molecular weight excluding hydrogens is 228 g/mol. The SMILES string of the molecule is CCCC(C=O)CCCCCCCCCC(=O)O. The zero-order valence-electron chi connectivity index (χ0n) is 11.7. The summed E-state index contributed by atoms with van der Waals surface area (Å²) in [5, 5.41) is 8.48. The monoisotopic (exact) mass is 256 g/mol. The van der Waals surface area contributed by atoms with Gasteiger partial charge in [0.2, 0.25) is 0 Å². The van der Waals surface area contributed by atoms with Crippen LogP contribution < -0.4 is 0 Å². The average molecular weight is 256 g/mol. The first-order chi connectivity index (χ1) is 8.70. The Labute approximate surface area is 111 Å². The second-order valence-corrected chi connectivity index (χ2v) is 5.09. The summed E-state index contributed by atoms with van der Waals surface area (Å²) in [6.45, 7) is 2.12. The molecule has 0 heterocycles. The van der Waals surface area contributed by atoms with Crippen molar-refractivity contribution in [2.24, 2.45) is 5.92 Å². The van der Waals surface area contributed by atoms with Gasteiger partial charge in [-0.1, -0.05) is 51.9 Å². The van der Waals surface area contributed by atoms with E-state index in [2.05, 4.69) is 6.92 Å². The lowest BCUT2D eigenvalue weighted by Gasteiger charge is -2.08. The van der Waals surface area contributed by atoms with Crippen LogP contribution in [0.5, 0.6) is 0 Å². The van der Waals surface area contributed by atoms with Gasteiger partial charge in [-0.15, -0.1) is 0 Å². The van der Waals surface area contributed by atoms with Gasteiger partial charge in [-0.2, -0.15) is 0 Å². The van der Waals surface area contributed by atoms with E-state index in [1.54, 1.807) is 0 Å². The van der Waals surface area contributed by atoms with E-state index < -0.39 is 5.97 Å². The molecule has 0 bridgehead atoms. The van der Waals surface area contributed by atoms with Crippen LogP contribution in [0.3, 0.4) is 0 Å². The van der Waals surface area contributed by atoms with Crippen molar-refractivity contribution >= 4 is 12.3 Å². The Bertz CT molecular complexity index is 214. The standard InChI is InChI=1S/C15H28O3/c1-2-10-14(13-16)11-8-6-4-3-5-7-9-12-15(17)18/h13-14H,2-12H2,1H3,(H,17,18). The molecule has 0 aliphatic rings. The van der Waals surface area contributed by atoms with Crippen molar-refractivity contribution in [1.82, 2.24) is 0 Å². The number of aldehydes is 1. The molecule has 0 radical (unpaired) electrons. The van der Waals surface area contributed by atoms with Crippen LogP contribution >= 0.6 is 0 Å². The number of carbonyl (C=O) groups excluding carboxylic acids is 1. The van der Waals surface area contributed by atoms with Crippen molar-refractivity contribution in [1.29, 1.82) is 0 Å². The number of carboxylic acids is 1. The van der Waals surface area contributed by atoms with Crippen molar-refractivity contribution in [3.8, 4) is 0 Å². The molecule has 0 rings (SSSR count). The maximum atomic E-state index is 10.7. The molecular formula is C15H28O3. The van der Waals surface area contributed by atoms with E-state index in [1.807, 2.05) is 0 Å². The molecule has 0 saturated carbocycles. The molecule has 1 N–H and O–H groups in total. The third kappa shape index (κ3) is 11.6. The molecule has 0 aromatic rings. The molecule has 0 aromatic heterocycles. The molecule has 3 nitrogen and oxygen atoms in total. The molecule has 3 heteroatoms. The Morgan fingerprint density at radius 2 is 1.56 bits per heavy atom. The van der Waals surface area contributed by atoms with E-state index in [0.29, 0.717) is 6.42 Å². The lowest BCUT2D eigenvalue weighted by molar-refractivity contribution is -0.137. The predicted octanol–water partition coefficient (Wildman–Crippen LogP) is 4.20. The fraction of sp³-hybridized carbons (Fsp3) is 0.867.